The Morgan fingerprint density at radius 2 is 2.05 bits per heavy atom. The molecule has 2 N–H and O–H groups in total. The number of carbonyl (C=O) groups excluding carboxylic acids is 1. The van der Waals surface area contributed by atoms with Gasteiger partial charge in [-0.25, -0.2) is 4.79 Å². The van der Waals surface area contributed by atoms with Crippen molar-refractivity contribution in [2.45, 2.75) is 32.7 Å². The molecule has 116 valence electrons. The second kappa shape index (κ2) is 8.36. The van der Waals surface area contributed by atoms with Crippen LogP contribution in [-0.2, 0) is 0 Å². The van der Waals surface area contributed by atoms with E-state index in [0.29, 0.717) is 12.6 Å². The molecular weight excluding hydrogens is 270 g/mol. The topological polar surface area (TPSA) is 82.5 Å². The van der Waals surface area contributed by atoms with E-state index in [4.69, 9.17) is 5.11 Å². The highest BCUT2D eigenvalue weighted by molar-refractivity contribution is 5.93. The lowest BCUT2D eigenvalue weighted by Crippen LogP contribution is -2.29. The molecule has 0 aliphatic carbocycles. The fourth-order valence-electron chi connectivity index (χ4n) is 1.69. The monoisotopic (exact) mass is 293 g/mol. The molecule has 21 heavy (non-hydrogen) atoms. The maximum absolute atomic E-state index is 11.8. The molecule has 0 spiro atoms. The van der Waals surface area contributed by atoms with E-state index < -0.39 is 5.97 Å². The molecule has 0 atom stereocenters. The summed E-state index contributed by atoms with van der Waals surface area (Å²) in [5.74, 6) is -1.33. The molecule has 0 bridgehead atoms. The number of aromatic carboxylic acids is 1. The third-order valence-electron chi connectivity index (χ3n) is 3.35. The lowest BCUT2D eigenvalue weighted by molar-refractivity contribution is 0.0695. The minimum atomic E-state index is -1.05. The Morgan fingerprint density at radius 1 is 1.33 bits per heavy atom. The van der Waals surface area contributed by atoms with Gasteiger partial charge in [0, 0.05) is 18.8 Å². The number of aromatic nitrogens is 1. The molecule has 6 nitrogen and oxygen atoms in total. The summed E-state index contributed by atoms with van der Waals surface area (Å²) < 4.78 is 0. The molecule has 0 saturated heterocycles. The number of carbonyl (C=O) groups is 2. The highest BCUT2D eigenvalue weighted by atomic mass is 16.4. The van der Waals surface area contributed by atoms with Crippen molar-refractivity contribution in [2.75, 3.05) is 20.1 Å². The second-order valence-corrected chi connectivity index (χ2v) is 5.27. The summed E-state index contributed by atoms with van der Waals surface area (Å²) in [4.78, 5) is 28.6. The molecule has 1 aromatic rings. The number of carboxylic acid groups (broad SMARTS) is 1. The van der Waals surface area contributed by atoms with Gasteiger partial charge in [-0.05, 0) is 52.4 Å². The quantitative estimate of drug-likeness (QED) is 0.712. The zero-order chi connectivity index (χ0) is 15.8. The Hall–Kier alpha value is -1.95. The van der Waals surface area contributed by atoms with Crippen molar-refractivity contribution in [2.24, 2.45) is 0 Å². The van der Waals surface area contributed by atoms with Crippen molar-refractivity contribution in [3.05, 3.63) is 29.6 Å². The van der Waals surface area contributed by atoms with E-state index >= 15 is 0 Å². The van der Waals surface area contributed by atoms with Crippen molar-refractivity contribution in [3.63, 3.8) is 0 Å². The average Bonchev–Trinajstić information content (AvgIpc) is 2.46. The van der Waals surface area contributed by atoms with Gasteiger partial charge in [0.15, 0.2) is 0 Å². The summed E-state index contributed by atoms with van der Waals surface area (Å²) in [6.07, 6.45) is 3.10. The molecule has 0 aromatic carbocycles. The van der Waals surface area contributed by atoms with Crippen molar-refractivity contribution < 1.29 is 14.7 Å². The summed E-state index contributed by atoms with van der Waals surface area (Å²) in [6, 6.07) is 3.32. The van der Waals surface area contributed by atoms with E-state index in [1.165, 1.54) is 18.3 Å². The standard InChI is InChI=1S/C15H23N3O3/c1-11(2)18(3)9-5-4-8-16-14(19)13-7-6-12(10-17-13)15(20)21/h6-7,10-11H,4-5,8-9H2,1-3H3,(H,16,19)(H,20,21). The van der Waals surface area contributed by atoms with Crippen LogP contribution in [0.3, 0.4) is 0 Å². The molecular formula is C15H23N3O3. The van der Waals surface area contributed by atoms with Crippen LogP contribution in [0, 0.1) is 0 Å². The summed E-state index contributed by atoms with van der Waals surface area (Å²) >= 11 is 0. The fourth-order valence-corrected chi connectivity index (χ4v) is 1.69. The Kier molecular flexibility index (Phi) is 6.81. The first-order chi connectivity index (χ1) is 9.91. The van der Waals surface area contributed by atoms with Gasteiger partial charge in [0.1, 0.15) is 5.69 Å². The van der Waals surface area contributed by atoms with E-state index in [1.807, 2.05) is 0 Å². The van der Waals surface area contributed by atoms with Crippen LogP contribution in [0.2, 0.25) is 0 Å². The van der Waals surface area contributed by atoms with Gasteiger partial charge in [0.05, 0.1) is 5.56 Å². The molecule has 0 aliphatic rings. The molecule has 1 heterocycles. The lowest BCUT2D eigenvalue weighted by atomic mass is 10.2. The Morgan fingerprint density at radius 3 is 2.57 bits per heavy atom. The Labute approximate surface area is 125 Å². The number of unbranched alkanes of at least 4 members (excludes halogenated alkanes) is 1. The molecule has 1 aromatic heterocycles. The van der Waals surface area contributed by atoms with E-state index in [0.717, 1.165) is 19.4 Å². The van der Waals surface area contributed by atoms with Gasteiger partial charge in [-0.1, -0.05) is 0 Å². The fraction of sp³-hybridized carbons (Fsp3) is 0.533. The van der Waals surface area contributed by atoms with Crippen molar-refractivity contribution in [3.8, 4) is 0 Å². The summed E-state index contributed by atoms with van der Waals surface area (Å²) in [6.45, 7) is 5.88. The number of rotatable bonds is 8. The third-order valence-corrected chi connectivity index (χ3v) is 3.35. The van der Waals surface area contributed by atoms with Crippen LogP contribution in [0.1, 0.15) is 47.5 Å². The van der Waals surface area contributed by atoms with E-state index in [2.05, 4.69) is 36.1 Å². The first kappa shape index (κ1) is 17.1. The number of pyridine rings is 1. The van der Waals surface area contributed by atoms with Gasteiger partial charge in [-0.15, -0.1) is 0 Å². The van der Waals surface area contributed by atoms with Gasteiger partial charge in [-0.3, -0.25) is 9.78 Å². The van der Waals surface area contributed by atoms with Crippen LogP contribution in [0.5, 0.6) is 0 Å². The third kappa shape index (κ3) is 5.91. The SMILES string of the molecule is CC(C)N(C)CCCCNC(=O)c1ccc(C(=O)O)cn1. The highest BCUT2D eigenvalue weighted by Gasteiger charge is 2.09. The highest BCUT2D eigenvalue weighted by Crippen LogP contribution is 2.01. The molecule has 1 amide bonds. The van der Waals surface area contributed by atoms with Crippen molar-refractivity contribution in [1.29, 1.82) is 0 Å². The number of hydrogen-bond acceptors (Lipinski definition) is 4. The van der Waals surface area contributed by atoms with Crippen LogP contribution in [0.25, 0.3) is 0 Å². The Balaban J connectivity index is 2.29. The maximum Gasteiger partial charge on any atom is 0.337 e. The van der Waals surface area contributed by atoms with Crippen molar-refractivity contribution >= 4 is 11.9 Å². The van der Waals surface area contributed by atoms with E-state index in [1.54, 1.807) is 0 Å². The van der Waals surface area contributed by atoms with Crippen LogP contribution < -0.4 is 5.32 Å². The summed E-state index contributed by atoms with van der Waals surface area (Å²) in [5.41, 5.74) is 0.308. The normalized spacial score (nSPS) is 10.9. The average molecular weight is 293 g/mol. The van der Waals surface area contributed by atoms with Crippen LogP contribution in [0.4, 0.5) is 0 Å². The van der Waals surface area contributed by atoms with Crippen LogP contribution in [0.15, 0.2) is 18.3 Å². The zero-order valence-corrected chi connectivity index (χ0v) is 12.8. The number of hydrogen-bond donors (Lipinski definition) is 2. The minimum Gasteiger partial charge on any atom is -0.478 e. The number of amides is 1. The summed E-state index contributed by atoms with van der Waals surface area (Å²) in [7, 11) is 2.08. The smallest absolute Gasteiger partial charge is 0.337 e. The van der Waals surface area contributed by atoms with E-state index in [9.17, 15) is 9.59 Å². The first-order valence-corrected chi connectivity index (χ1v) is 7.09. The van der Waals surface area contributed by atoms with Gasteiger partial charge in [0.2, 0.25) is 0 Å². The number of nitrogens with zero attached hydrogens (tertiary/aromatic N) is 2. The van der Waals surface area contributed by atoms with Gasteiger partial charge in [-0.2, -0.15) is 0 Å². The molecule has 1 rings (SSSR count). The van der Waals surface area contributed by atoms with Gasteiger partial charge >= 0.3 is 5.97 Å². The zero-order valence-electron chi connectivity index (χ0n) is 12.8. The Bertz CT molecular complexity index is 472. The van der Waals surface area contributed by atoms with E-state index in [-0.39, 0.29) is 17.2 Å². The van der Waals surface area contributed by atoms with Crippen LogP contribution >= 0.6 is 0 Å². The molecule has 0 saturated carbocycles. The molecule has 0 fully saturated rings. The summed E-state index contributed by atoms with van der Waals surface area (Å²) in [5, 5.41) is 11.5. The maximum atomic E-state index is 11.8. The largest absolute Gasteiger partial charge is 0.478 e. The van der Waals surface area contributed by atoms with Crippen molar-refractivity contribution in [1.82, 2.24) is 15.2 Å². The first-order valence-electron chi connectivity index (χ1n) is 7.09. The lowest BCUT2D eigenvalue weighted by Gasteiger charge is -2.20. The van der Waals surface area contributed by atoms with Crippen LogP contribution in [-0.4, -0.2) is 53.0 Å². The second-order valence-electron chi connectivity index (χ2n) is 5.27. The predicted octanol–water partition coefficient (Wildman–Crippen LogP) is 1.63. The molecule has 0 unspecified atom stereocenters. The minimum absolute atomic E-state index is 0.0725. The predicted molar refractivity (Wildman–Crippen MR) is 80.5 cm³/mol. The van der Waals surface area contributed by atoms with Gasteiger partial charge in [0.25, 0.3) is 5.91 Å². The molecule has 0 radical (unpaired) electrons. The van der Waals surface area contributed by atoms with Gasteiger partial charge < -0.3 is 15.3 Å². The number of nitrogens with one attached hydrogen (secondary N) is 1. The molecule has 6 heteroatoms. The molecule has 0 aliphatic heterocycles. The number of carboxylic acids is 1.